The molecule has 0 aliphatic carbocycles. The van der Waals surface area contributed by atoms with Crippen LogP contribution in [0.5, 0.6) is 0 Å². The van der Waals surface area contributed by atoms with Gasteiger partial charge in [-0.05, 0) is 40.0 Å². The summed E-state index contributed by atoms with van der Waals surface area (Å²) in [6.45, 7) is 8.81. The molecule has 1 aromatic heterocycles. The summed E-state index contributed by atoms with van der Waals surface area (Å²) < 4.78 is 7.25. The second-order valence-electron chi connectivity index (χ2n) is 7.45. The van der Waals surface area contributed by atoms with E-state index >= 15 is 0 Å². The number of amides is 2. The van der Waals surface area contributed by atoms with E-state index in [0.717, 1.165) is 31.5 Å². The van der Waals surface area contributed by atoms with Crippen LogP contribution in [0.3, 0.4) is 0 Å². The molecular formula is C17H26N4O3. The number of rotatable bonds is 2. The van der Waals surface area contributed by atoms with Crippen LogP contribution >= 0.6 is 0 Å². The molecule has 7 heteroatoms. The van der Waals surface area contributed by atoms with E-state index in [9.17, 15) is 9.59 Å². The second kappa shape index (κ2) is 6.55. The summed E-state index contributed by atoms with van der Waals surface area (Å²) in [6.07, 6.45) is 2.82. The van der Waals surface area contributed by atoms with Crippen molar-refractivity contribution in [3.05, 3.63) is 17.2 Å². The van der Waals surface area contributed by atoms with Gasteiger partial charge in [-0.25, -0.2) is 4.98 Å². The number of nitrogens with zero attached hydrogens (tertiary/aromatic N) is 3. The molecule has 0 unspecified atom stereocenters. The van der Waals surface area contributed by atoms with Gasteiger partial charge in [0.2, 0.25) is 0 Å². The van der Waals surface area contributed by atoms with Crippen LogP contribution in [0.25, 0.3) is 0 Å². The van der Waals surface area contributed by atoms with Crippen molar-refractivity contribution in [3.63, 3.8) is 0 Å². The van der Waals surface area contributed by atoms with Gasteiger partial charge in [-0.2, -0.15) is 0 Å². The Morgan fingerprint density at radius 1 is 1.12 bits per heavy atom. The zero-order chi connectivity index (χ0) is 17.3. The van der Waals surface area contributed by atoms with Crippen LogP contribution in [0.1, 0.15) is 60.4 Å². The monoisotopic (exact) mass is 334 g/mol. The second-order valence-corrected chi connectivity index (χ2v) is 7.45. The fourth-order valence-electron chi connectivity index (χ4n) is 3.20. The number of imidazole rings is 1. The Kier molecular flexibility index (Phi) is 4.62. The third-order valence-electron chi connectivity index (χ3n) is 4.31. The standard InChI is InChI=1S/C17H26N4O3/c1-17(2,3)19-15(22)13-12-6-4-5-7-21(12)14(18-13)16(23)20-8-10-24-11-9-20/h4-11H2,1-3H3,(H,19,22). The number of aromatic nitrogens is 2. The highest BCUT2D eigenvalue weighted by Crippen LogP contribution is 2.23. The van der Waals surface area contributed by atoms with E-state index < -0.39 is 0 Å². The van der Waals surface area contributed by atoms with Crippen LogP contribution in [0, 0.1) is 0 Å². The van der Waals surface area contributed by atoms with Gasteiger partial charge in [-0.15, -0.1) is 0 Å². The first-order chi connectivity index (χ1) is 11.4. The van der Waals surface area contributed by atoms with Gasteiger partial charge in [-0.3, -0.25) is 9.59 Å². The van der Waals surface area contributed by atoms with Crippen LogP contribution in [0.2, 0.25) is 0 Å². The largest absolute Gasteiger partial charge is 0.378 e. The van der Waals surface area contributed by atoms with Gasteiger partial charge in [-0.1, -0.05) is 0 Å². The third kappa shape index (κ3) is 3.45. The highest BCUT2D eigenvalue weighted by molar-refractivity contribution is 5.97. The molecule has 1 aromatic rings. The van der Waals surface area contributed by atoms with Gasteiger partial charge in [0.25, 0.3) is 11.8 Å². The van der Waals surface area contributed by atoms with Crippen molar-refractivity contribution in [2.75, 3.05) is 26.3 Å². The minimum absolute atomic E-state index is 0.101. The minimum Gasteiger partial charge on any atom is -0.378 e. The molecule has 0 aromatic carbocycles. The van der Waals surface area contributed by atoms with Crippen molar-refractivity contribution in [2.45, 2.75) is 52.1 Å². The zero-order valence-electron chi connectivity index (χ0n) is 14.7. The predicted molar refractivity (Wildman–Crippen MR) is 89.1 cm³/mol. The molecule has 2 aliphatic rings. The lowest BCUT2D eigenvalue weighted by atomic mass is 10.1. The summed E-state index contributed by atoms with van der Waals surface area (Å²) >= 11 is 0. The number of fused-ring (bicyclic) bond motifs is 1. The Morgan fingerprint density at radius 2 is 1.83 bits per heavy atom. The Hall–Kier alpha value is -1.89. The van der Waals surface area contributed by atoms with Gasteiger partial charge in [0.1, 0.15) is 5.69 Å². The van der Waals surface area contributed by atoms with E-state index in [1.54, 1.807) is 4.90 Å². The molecule has 1 saturated heterocycles. The van der Waals surface area contributed by atoms with Crippen molar-refractivity contribution in [1.29, 1.82) is 0 Å². The normalized spacial score (nSPS) is 18.2. The molecule has 0 spiro atoms. The molecule has 0 bridgehead atoms. The molecule has 0 saturated carbocycles. The van der Waals surface area contributed by atoms with Crippen LogP contribution in [-0.2, 0) is 17.7 Å². The van der Waals surface area contributed by atoms with E-state index in [1.165, 1.54) is 0 Å². The molecule has 0 radical (unpaired) electrons. The van der Waals surface area contributed by atoms with Crippen molar-refractivity contribution in [3.8, 4) is 0 Å². The molecule has 3 rings (SSSR count). The first-order valence-corrected chi connectivity index (χ1v) is 8.66. The molecule has 3 heterocycles. The smallest absolute Gasteiger partial charge is 0.290 e. The lowest BCUT2D eigenvalue weighted by molar-refractivity contribution is 0.0291. The van der Waals surface area contributed by atoms with E-state index in [0.29, 0.717) is 37.8 Å². The summed E-state index contributed by atoms with van der Waals surface area (Å²) in [4.78, 5) is 31.7. The van der Waals surface area contributed by atoms with E-state index in [-0.39, 0.29) is 17.4 Å². The van der Waals surface area contributed by atoms with Crippen LogP contribution in [0.4, 0.5) is 0 Å². The predicted octanol–water partition coefficient (Wildman–Crippen LogP) is 1.22. The topological polar surface area (TPSA) is 76.5 Å². The third-order valence-corrected chi connectivity index (χ3v) is 4.31. The van der Waals surface area contributed by atoms with E-state index in [4.69, 9.17) is 4.74 Å². The SMILES string of the molecule is CC(C)(C)NC(=O)c1nc(C(=O)N2CCOCC2)n2c1CCCC2. The summed E-state index contributed by atoms with van der Waals surface area (Å²) in [7, 11) is 0. The van der Waals surface area contributed by atoms with E-state index in [1.807, 2.05) is 25.3 Å². The maximum atomic E-state index is 12.8. The van der Waals surface area contributed by atoms with Crippen LogP contribution in [0.15, 0.2) is 0 Å². The van der Waals surface area contributed by atoms with Gasteiger partial charge in [0.15, 0.2) is 5.82 Å². The lowest BCUT2D eigenvalue weighted by Gasteiger charge is -2.27. The molecule has 2 amide bonds. The number of hydrogen-bond donors (Lipinski definition) is 1. The fourth-order valence-corrected chi connectivity index (χ4v) is 3.20. The Balaban J connectivity index is 1.92. The minimum atomic E-state index is -0.337. The molecule has 24 heavy (non-hydrogen) atoms. The fraction of sp³-hybridized carbons (Fsp3) is 0.706. The molecular weight excluding hydrogens is 308 g/mol. The highest BCUT2D eigenvalue weighted by Gasteiger charge is 2.31. The summed E-state index contributed by atoms with van der Waals surface area (Å²) in [5.41, 5.74) is 0.956. The summed E-state index contributed by atoms with van der Waals surface area (Å²) in [5, 5.41) is 2.96. The average molecular weight is 334 g/mol. The van der Waals surface area contributed by atoms with Crippen molar-refractivity contribution >= 4 is 11.8 Å². The van der Waals surface area contributed by atoms with Crippen molar-refractivity contribution in [1.82, 2.24) is 19.8 Å². The molecule has 1 fully saturated rings. The van der Waals surface area contributed by atoms with Crippen molar-refractivity contribution in [2.24, 2.45) is 0 Å². The Morgan fingerprint density at radius 3 is 2.50 bits per heavy atom. The molecule has 1 N–H and O–H groups in total. The molecule has 7 nitrogen and oxygen atoms in total. The van der Waals surface area contributed by atoms with Crippen LogP contribution < -0.4 is 5.32 Å². The quantitative estimate of drug-likeness (QED) is 0.882. The molecule has 132 valence electrons. The van der Waals surface area contributed by atoms with Gasteiger partial charge < -0.3 is 19.5 Å². The number of nitrogens with one attached hydrogen (secondary N) is 1. The zero-order valence-corrected chi connectivity index (χ0v) is 14.7. The highest BCUT2D eigenvalue weighted by atomic mass is 16.5. The van der Waals surface area contributed by atoms with Crippen molar-refractivity contribution < 1.29 is 14.3 Å². The number of carbonyl (C=O) groups excluding carboxylic acids is 2. The van der Waals surface area contributed by atoms with Gasteiger partial charge in [0.05, 0.1) is 18.9 Å². The Bertz CT molecular complexity index is 639. The maximum absolute atomic E-state index is 12.8. The Labute approximate surface area is 142 Å². The summed E-state index contributed by atoms with van der Waals surface area (Å²) in [5.74, 6) is 0.0936. The lowest BCUT2D eigenvalue weighted by Crippen LogP contribution is -2.42. The number of hydrogen-bond acceptors (Lipinski definition) is 4. The number of ether oxygens (including phenoxy) is 1. The molecule has 2 aliphatic heterocycles. The van der Waals surface area contributed by atoms with Gasteiger partial charge >= 0.3 is 0 Å². The maximum Gasteiger partial charge on any atom is 0.290 e. The van der Waals surface area contributed by atoms with E-state index in [2.05, 4.69) is 10.3 Å². The molecule has 0 atom stereocenters. The first kappa shape index (κ1) is 17.0. The average Bonchev–Trinajstić information content (AvgIpc) is 2.93. The van der Waals surface area contributed by atoms with Gasteiger partial charge in [0, 0.05) is 25.2 Å². The first-order valence-electron chi connectivity index (χ1n) is 8.66. The number of morpholine rings is 1. The van der Waals surface area contributed by atoms with Crippen LogP contribution in [-0.4, -0.2) is 58.1 Å². The summed E-state index contributed by atoms with van der Waals surface area (Å²) in [6, 6.07) is 0. The number of carbonyl (C=O) groups is 2.